The molecule has 32 heavy (non-hydrogen) atoms. The highest BCUT2D eigenvalue weighted by Crippen LogP contribution is 2.28. The van der Waals surface area contributed by atoms with Crippen molar-refractivity contribution >= 4 is 40.0 Å². The molecule has 0 saturated heterocycles. The quantitative estimate of drug-likeness (QED) is 0.501. The minimum absolute atomic E-state index is 0.0719. The second-order valence-electron chi connectivity index (χ2n) is 7.45. The van der Waals surface area contributed by atoms with E-state index in [4.69, 9.17) is 5.73 Å². The van der Waals surface area contributed by atoms with E-state index < -0.39 is 11.6 Å². The normalized spacial score (nSPS) is 13.0. The Kier molecular flexibility index (Phi) is 4.86. The average molecular weight is 449 g/mol. The molecule has 0 saturated carbocycles. The number of thiophene rings is 1. The van der Waals surface area contributed by atoms with Crippen molar-refractivity contribution in [3.05, 3.63) is 63.5 Å². The summed E-state index contributed by atoms with van der Waals surface area (Å²) in [6, 6.07) is 11.4. The van der Waals surface area contributed by atoms with Gasteiger partial charge in [-0.3, -0.25) is 18.7 Å². The van der Waals surface area contributed by atoms with Crippen LogP contribution < -0.4 is 16.3 Å². The third kappa shape index (κ3) is 3.11. The van der Waals surface area contributed by atoms with Crippen molar-refractivity contribution in [1.82, 2.24) is 19.1 Å². The van der Waals surface area contributed by atoms with Gasteiger partial charge in [-0.2, -0.15) is 0 Å². The summed E-state index contributed by atoms with van der Waals surface area (Å²) in [4.78, 5) is 50.1. The lowest BCUT2D eigenvalue weighted by Crippen LogP contribution is -2.36. The zero-order valence-electron chi connectivity index (χ0n) is 17.3. The summed E-state index contributed by atoms with van der Waals surface area (Å²) in [7, 11) is 0. The van der Waals surface area contributed by atoms with E-state index in [0.29, 0.717) is 24.6 Å². The minimum Gasteiger partial charge on any atom is -0.364 e. The molecule has 0 fully saturated rings. The molecule has 9 nitrogen and oxygen atoms in total. The van der Waals surface area contributed by atoms with E-state index in [1.165, 1.54) is 20.5 Å². The average Bonchev–Trinajstić information content (AvgIpc) is 3.52. The molecule has 162 valence electrons. The molecule has 2 N–H and O–H groups in total. The van der Waals surface area contributed by atoms with Gasteiger partial charge in [0.25, 0.3) is 5.91 Å². The minimum atomic E-state index is -0.781. The maximum atomic E-state index is 13.2. The first kappa shape index (κ1) is 20.1. The monoisotopic (exact) mass is 448 g/mol. The van der Waals surface area contributed by atoms with Gasteiger partial charge < -0.3 is 10.6 Å². The highest BCUT2D eigenvalue weighted by molar-refractivity contribution is 7.13. The lowest BCUT2D eigenvalue weighted by Gasteiger charge is -2.17. The molecule has 0 atom stereocenters. The maximum absolute atomic E-state index is 13.2. The summed E-state index contributed by atoms with van der Waals surface area (Å²) in [5.74, 6) is -0.707. The zero-order valence-corrected chi connectivity index (χ0v) is 18.1. The van der Waals surface area contributed by atoms with E-state index in [2.05, 4.69) is 9.97 Å². The molecule has 0 spiro atoms. The Morgan fingerprint density at radius 3 is 2.66 bits per heavy atom. The molecule has 10 heteroatoms. The summed E-state index contributed by atoms with van der Waals surface area (Å²) in [5, 5.41) is 1.87. The van der Waals surface area contributed by atoms with Gasteiger partial charge in [0.05, 0.1) is 4.88 Å². The summed E-state index contributed by atoms with van der Waals surface area (Å²) in [6.45, 7) is 2.43. The van der Waals surface area contributed by atoms with E-state index in [-0.39, 0.29) is 23.7 Å². The van der Waals surface area contributed by atoms with Gasteiger partial charge in [0.15, 0.2) is 17.2 Å². The Labute approximate surface area is 186 Å². The van der Waals surface area contributed by atoms with Crippen LogP contribution in [-0.2, 0) is 24.3 Å². The van der Waals surface area contributed by atoms with Crippen molar-refractivity contribution in [3.63, 3.8) is 0 Å². The van der Waals surface area contributed by atoms with Crippen molar-refractivity contribution in [2.24, 2.45) is 5.73 Å². The fraction of sp³-hybridized carbons (Fsp3) is 0.227. The van der Waals surface area contributed by atoms with Gasteiger partial charge in [0.2, 0.25) is 5.91 Å². The van der Waals surface area contributed by atoms with Crippen LogP contribution >= 0.6 is 11.3 Å². The molecule has 4 aromatic rings. The van der Waals surface area contributed by atoms with Gasteiger partial charge in [-0.25, -0.2) is 14.8 Å². The van der Waals surface area contributed by atoms with Crippen LogP contribution in [0.3, 0.4) is 0 Å². The fourth-order valence-corrected chi connectivity index (χ4v) is 4.81. The number of nitrogens with zero attached hydrogens (tertiary/aromatic N) is 5. The number of imidazole rings is 1. The molecule has 5 rings (SSSR count). The topological polar surface area (TPSA) is 116 Å². The van der Waals surface area contributed by atoms with Crippen LogP contribution in [0.4, 0.5) is 5.69 Å². The van der Waals surface area contributed by atoms with Crippen LogP contribution in [0.2, 0.25) is 0 Å². The lowest BCUT2D eigenvalue weighted by molar-refractivity contribution is -0.119. The lowest BCUT2D eigenvalue weighted by atomic mass is 10.2. The van der Waals surface area contributed by atoms with Gasteiger partial charge in [0.1, 0.15) is 12.1 Å². The third-order valence-corrected chi connectivity index (χ3v) is 6.49. The van der Waals surface area contributed by atoms with E-state index in [1.54, 1.807) is 11.8 Å². The molecule has 0 aliphatic carbocycles. The van der Waals surface area contributed by atoms with Crippen LogP contribution in [-0.4, -0.2) is 37.5 Å². The smallest absolute Gasteiger partial charge is 0.330 e. The first-order valence-corrected chi connectivity index (χ1v) is 11.1. The SMILES string of the molecule is CCn1c(=O)n(CC(=O)N2CCc3ccccc32)c2c(C(N)=O)nc(-c3cccs3)nc21. The zero-order chi connectivity index (χ0) is 22.4. The summed E-state index contributed by atoms with van der Waals surface area (Å²) in [5.41, 5.74) is 7.55. The number of para-hydroxylation sites is 1. The van der Waals surface area contributed by atoms with Crippen LogP contribution in [0.5, 0.6) is 0 Å². The van der Waals surface area contributed by atoms with E-state index >= 15 is 0 Å². The Bertz CT molecular complexity index is 1420. The molecular formula is C22H20N6O3S. The van der Waals surface area contributed by atoms with E-state index in [1.807, 2.05) is 41.8 Å². The molecule has 0 radical (unpaired) electrons. The molecule has 0 unspecified atom stereocenters. The van der Waals surface area contributed by atoms with Crippen molar-refractivity contribution in [2.45, 2.75) is 26.4 Å². The van der Waals surface area contributed by atoms with Crippen LogP contribution in [0.15, 0.2) is 46.6 Å². The molecular weight excluding hydrogens is 428 g/mol. The number of anilines is 1. The van der Waals surface area contributed by atoms with E-state index in [0.717, 1.165) is 22.5 Å². The van der Waals surface area contributed by atoms with E-state index in [9.17, 15) is 14.4 Å². The number of aryl methyl sites for hydroxylation is 1. The Morgan fingerprint density at radius 2 is 1.94 bits per heavy atom. The fourth-order valence-electron chi connectivity index (χ4n) is 4.15. The first-order valence-electron chi connectivity index (χ1n) is 10.2. The molecule has 2 amide bonds. The van der Waals surface area contributed by atoms with Crippen molar-refractivity contribution < 1.29 is 9.59 Å². The third-order valence-electron chi connectivity index (χ3n) is 5.63. The summed E-state index contributed by atoms with van der Waals surface area (Å²) < 4.78 is 2.70. The predicted molar refractivity (Wildman–Crippen MR) is 122 cm³/mol. The van der Waals surface area contributed by atoms with Crippen LogP contribution in [0.25, 0.3) is 21.9 Å². The Morgan fingerprint density at radius 1 is 1.12 bits per heavy atom. The molecule has 3 aromatic heterocycles. The largest absolute Gasteiger partial charge is 0.364 e. The number of primary amides is 1. The van der Waals surface area contributed by atoms with Gasteiger partial charge in [-0.05, 0) is 36.4 Å². The van der Waals surface area contributed by atoms with Crippen LogP contribution in [0.1, 0.15) is 23.0 Å². The number of hydrogen-bond acceptors (Lipinski definition) is 6. The van der Waals surface area contributed by atoms with Crippen LogP contribution in [0, 0.1) is 0 Å². The van der Waals surface area contributed by atoms with Gasteiger partial charge in [-0.1, -0.05) is 24.3 Å². The number of aromatic nitrogens is 4. The van der Waals surface area contributed by atoms with Crippen molar-refractivity contribution in [1.29, 1.82) is 0 Å². The Hall–Kier alpha value is -3.79. The second-order valence-corrected chi connectivity index (χ2v) is 8.39. The number of nitrogens with two attached hydrogens (primary N) is 1. The standard InChI is InChI=1S/C22H20N6O3S/c1-2-26-21-18(17(19(23)30)24-20(25-21)15-8-5-11-32-15)28(22(26)31)12-16(29)27-10-9-13-6-3-4-7-14(13)27/h3-8,11H,2,9-10,12H2,1H3,(H2,23,30). The summed E-state index contributed by atoms with van der Waals surface area (Å²) >= 11 is 1.42. The van der Waals surface area contributed by atoms with Crippen molar-refractivity contribution in [2.75, 3.05) is 11.4 Å². The number of hydrogen-bond donors (Lipinski definition) is 1. The van der Waals surface area contributed by atoms with Crippen molar-refractivity contribution in [3.8, 4) is 10.7 Å². The number of benzene rings is 1. The predicted octanol–water partition coefficient (Wildman–Crippen LogP) is 2.03. The molecule has 1 aliphatic rings. The van der Waals surface area contributed by atoms with Gasteiger partial charge in [0, 0.05) is 18.8 Å². The van der Waals surface area contributed by atoms with Gasteiger partial charge in [-0.15, -0.1) is 11.3 Å². The number of rotatable bonds is 5. The van der Waals surface area contributed by atoms with Gasteiger partial charge >= 0.3 is 5.69 Å². The number of fused-ring (bicyclic) bond motifs is 2. The maximum Gasteiger partial charge on any atom is 0.330 e. The molecule has 4 heterocycles. The molecule has 1 aliphatic heterocycles. The number of amides is 2. The molecule has 0 bridgehead atoms. The second kappa shape index (κ2) is 7.72. The number of carbonyl (C=O) groups is 2. The number of carbonyl (C=O) groups excluding carboxylic acids is 2. The summed E-state index contributed by atoms with van der Waals surface area (Å²) in [6.07, 6.45) is 0.757. The highest BCUT2D eigenvalue weighted by Gasteiger charge is 2.28. The molecule has 1 aromatic carbocycles. The first-order chi connectivity index (χ1) is 15.5. The Balaban J connectivity index is 1.65. The highest BCUT2D eigenvalue weighted by atomic mass is 32.1.